The second kappa shape index (κ2) is 5.30. The number of carboxylic acid groups (broad SMARTS) is 1. The van der Waals surface area contributed by atoms with Crippen molar-refractivity contribution in [1.29, 1.82) is 0 Å². The second-order valence-electron chi connectivity index (χ2n) is 3.90. The minimum absolute atomic E-state index is 0.104. The van der Waals surface area contributed by atoms with E-state index in [9.17, 15) is 9.59 Å². The third-order valence-electron chi connectivity index (χ3n) is 2.27. The number of carbonyl (C=O) groups is 2. The molecule has 0 bridgehead atoms. The van der Waals surface area contributed by atoms with Gasteiger partial charge in [0.15, 0.2) is 0 Å². The first-order chi connectivity index (χ1) is 9.04. The molecule has 0 saturated carbocycles. The Balaban J connectivity index is 2.03. The molecule has 0 fully saturated rings. The maximum atomic E-state index is 11.7. The molecule has 19 heavy (non-hydrogen) atoms. The zero-order valence-corrected chi connectivity index (χ0v) is 10.1. The van der Waals surface area contributed by atoms with Crippen LogP contribution in [0, 0.1) is 6.92 Å². The normalized spacial score (nSPS) is 10.2. The van der Waals surface area contributed by atoms with Gasteiger partial charge < -0.3 is 14.9 Å². The Morgan fingerprint density at radius 1 is 1.42 bits per heavy atom. The van der Waals surface area contributed by atoms with E-state index >= 15 is 0 Å². The molecule has 0 aliphatic heterocycles. The standard InChI is InChI=1S/C12H11N3O4/c1-7-4-10(19-15-7)12(18)14-9-3-2-8(13-6-9)5-11(16)17/h2-4,6H,5H2,1H3,(H,14,18)(H,16,17). The molecule has 0 unspecified atom stereocenters. The number of amides is 1. The van der Waals surface area contributed by atoms with Crippen molar-refractivity contribution in [3.63, 3.8) is 0 Å². The quantitative estimate of drug-likeness (QED) is 0.858. The fourth-order valence-electron chi connectivity index (χ4n) is 1.42. The van der Waals surface area contributed by atoms with Crippen molar-refractivity contribution in [1.82, 2.24) is 10.1 Å². The van der Waals surface area contributed by atoms with Crippen LogP contribution in [0.2, 0.25) is 0 Å². The topological polar surface area (TPSA) is 105 Å². The number of hydrogen-bond donors (Lipinski definition) is 2. The maximum Gasteiger partial charge on any atom is 0.309 e. The van der Waals surface area contributed by atoms with Gasteiger partial charge in [0.25, 0.3) is 5.91 Å². The van der Waals surface area contributed by atoms with Crippen molar-refractivity contribution in [3.8, 4) is 0 Å². The molecular weight excluding hydrogens is 250 g/mol. The minimum Gasteiger partial charge on any atom is -0.481 e. The summed E-state index contributed by atoms with van der Waals surface area (Å²) in [5, 5.41) is 14.8. The molecule has 2 aromatic heterocycles. The van der Waals surface area contributed by atoms with Crippen LogP contribution in [0.25, 0.3) is 0 Å². The number of hydrogen-bond acceptors (Lipinski definition) is 5. The van der Waals surface area contributed by atoms with Crippen molar-refractivity contribution in [3.05, 3.63) is 41.5 Å². The summed E-state index contributed by atoms with van der Waals surface area (Å²) in [6, 6.07) is 4.63. The molecule has 2 N–H and O–H groups in total. The third-order valence-corrected chi connectivity index (χ3v) is 2.27. The van der Waals surface area contributed by atoms with E-state index in [-0.39, 0.29) is 12.2 Å². The summed E-state index contributed by atoms with van der Waals surface area (Å²) in [6.45, 7) is 1.71. The third kappa shape index (κ3) is 3.38. The van der Waals surface area contributed by atoms with Crippen LogP contribution in [-0.4, -0.2) is 27.1 Å². The van der Waals surface area contributed by atoms with E-state index in [1.165, 1.54) is 18.3 Å². The number of pyridine rings is 1. The van der Waals surface area contributed by atoms with E-state index < -0.39 is 11.9 Å². The van der Waals surface area contributed by atoms with Gasteiger partial charge in [0.05, 0.1) is 29.7 Å². The van der Waals surface area contributed by atoms with E-state index in [1.54, 1.807) is 13.0 Å². The molecule has 2 heterocycles. The Morgan fingerprint density at radius 2 is 2.21 bits per heavy atom. The van der Waals surface area contributed by atoms with E-state index in [1.807, 2.05) is 0 Å². The van der Waals surface area contributed by atoms with Crippen LogP contribution in [-0.2, 0) is 11.2 Å². The lowest BCUT2D eigenvalue weighted by Gasteiger charge is -2.02. The molecule has 0 aliphatic carbocycles. The van der Waals surface area contributed by atoms with Crippen molar-refractivity contribution in [2.45, 2.75) is 13.3 Å². The average molecular weight is 261 g/mol. The number of carboxylic acids is 1. The summed E-state index contributed by atoms with van der Waals surface area (Å²) in [6.07, 6.45) is 1.23. The number of anilines is 1. The first-order valence-corrected chi connectivity index (χ1v) is 5.46. The van der Waals surface area contributed by atoms with Crippen LogP contribution in [0.3, 0.4) is 0 Å². The Kier molecular flexibility index (Phi) is 3.56. The number of aromatic nitrogens is 2. The largest absolute Gasteiger partial charge is 0.481 e. The first-order valence-electron chi connectivity index (χ1n) is 5.46. The van der Waals surface area contributed by atoms with Gasteiger partial charge in [-0.3, -0.25) is 14.6 Å². The Morgan fingerprint density at radius 3 is 2.74 bits per heavy atom. The number of aryl methyl sites for hydroxylation is 1. The van der Waals surface area contributed by atoms with E-state index in [2.05, 4.69) is 15.5 Å². The summed E-state index contributed by atoms with van der Waals surface area (Å²) in [5.41, 5.74) is 1.48. The highest BCUT2D eigenvalue weighted by molar-refractivity contribution is 6.02. The molecule has 0 spiro atoms. The minimum atomic E-state index is -0.957. The van der Waals surface area contributed by atoms with Crippen LogP contribution in [0.1, 0.15) is 21.9 Å². The van der Waals surface area contributed by atoms with E-state index in [0.717, 1.165) is 0 Å². The van der Waals surface area contributed by atoms with Crippen molar-refractivity contribution in [2.75, 3.05) is 5.32 Å². The number of rotatable bonds is 4. The molecule has 0 atom stereocenters. The average Bonchev–Trinajstić information content (AvgIpc) is 2.78. The fraction of sp³-hybridized carbons (Fsp3) is 0.167. The summed E-state index contributed by atoms with van der Waals surface area (Å²) in [7, 11) is 0. The fourth-order valence-corrected chi connectivity index (χ4v) is 1.42. The van der Waals surface area contributed by atoms with Gasteiger partial charge in [0, 0.05) is 6.07 Å². The molecule has 0 radical (unpaired) electrons. The van der Waals surface area contributed by atoms with Gasteiger partial charge in [-0.2, -0.15) is 0 Å². The van der Waals surface area contributed by atoms with Gasteiger partial charge in [-0.15, -0.1) is 0 Å². The predicted molar refractivity (Wildman–Crippen MR) is 64.8 cm³/mol. The van der Waals surface area contributed by atoms with Crippen molar-refractivity contribution in [2.24, 2.45) is 0 Å². The Bertz CT molecular complexity index is 604. The van der Waals surface area contributed by atoms with Crippen LogP contribution >= 0.6 is 0 Å². The molecule has 1 amide bonds. The number of carbonyl (C=O) groups excluding carboxylic acids is 1. The Hall–Kier alpha value is -2.70. The highest BCUT2D eigenvalue weighted by Gasteiger charge is 2.12. The number of nitrogens with zero attached hydrogens (tertiary/aromatic N) is 2. The molecule has 98 valence electrons. The second-order valence-corrected chi connectivity index (χ2v) is 3.90. The summed E-state index contributed by atoms with van der Waals surface area (Å²) in [5.74, 6) is -1.29. The van der Waals surface area contributed by atoms with Gasteiger partial charge in [-0.05, 0) is 19.1 Å². The van der Waals surface area contributed by atoms with E-state index in [0.29, 0.717) is 17.1 Å². The van der Waals surface area contributed by atoms with E-state index in [4.69, 9.17) is 9.63 Å². The summed E-state index contributed by atoms with van der Waals surface area (Å²) < 4.78 is 4.81. The monoisotopic (exact) mass is 261 g/mol. The molecular formula is C12H11N3O4. The summed E-state index contributed by atoms with van der Waals surface area (Å²) in [4.78, 5) is 26.1. The van der Waals surface area contributed by atoms with Gasteiger partial charge in [0.2, 0.25) is 5.76 Å². The van der Waals surface area contributed by atoms with Gasteiger partial charge in [0.1, 0.15) is 0 Å². The van der Waals surface area contributed by atoms with Gasteiger partial charge in [-0.25, -0.2) is 0 Å². The highest BCUT2D eigenvalue weighted by Crippen LogP contribution is 2.10. The Labute approximate surface area is 108 Å². The highest BCUT2D eigenvalue weighted by atomic mass is 16.5. The molecule has 2 rings (SSSR count). The SMILES string of the molecule is Cc1cc(C(=O)Nc2ccc(CC(=O)O)nc2)on1. The van der Waals surface area contributed by atoms with Crippen LogP contribution in [0.4, 0.5) is 5.69 Å². The maximum absolute atomic E-state index is 11.7. The van der Waals surface area contributed by atoms with Crippen LogP contribution in [0.15, 0.2) is 28.9 Å². The smallest absolute Gasteiger partial charge is 0.309 e. The lowest BCUT2D eigenvalue weighted by molar-refractivity contribution is -0.136. The first kappa shape index (κ1) is 12.7. The number of nitrogens with one attached hydrogen (secondary N) is 1. The van der Waals surface area contributed by atoms with Gasteiger partial charge in [-0.1, -0.05) is 5.16 Å². The molecule has 2 aromatic rings. The zero-order chi connectivity index (χ0) is 13.8. The summed E-state index contributed by atoms with van der Waals surface area (Å²) >= 11 is 0. The lowest BCUT2D eigenvalue weighted by Crippen LogP contribution is -2.11. The lowest BCUT2D eigenvalue weighted by atomic mass is 10.2. The molecule has 7 heteroatoms. The van der Waals surface area contributed by atoms with Crippen LogP contribution < -0.4 is 5.32 Å². The molecule has 7 nitrogen and oxygen atoms in total. The van der Waals surface area contributed by atoms with Crippen molar-refractivity contribution < 1.29 is 19.2 Å². The van der Waals surface area contributed by atoms with Crippen LogP contribution in [0.5, 0.6) is 0 Å². The van der Waals surface area contributed by atoms with Crippen molar-refractivity contribution >= 4 is 17.6 Å². The molecule has 0 aromatic carbocycles. The molecule has 0 saturated heterocycles. The zero-order valence-electron chi connectivity index (χ0n) is 10.1. The predicted octanol–water partition coefficient (Wildman–Crippen LogP) is 1.26. The molecule has 0 aliphatic rings. The number of aliphatic carboxylic acids is 1. The van der Waals surface area contributed by atoms with Gasteiger partial charge >= 0.3 is 5.97 Å².